The van der Waals surface area contributed by atoms with Gasteiger partial charge in [-0.2, -0.15) is 0 Å². The number of rotatable bonds is 6. The summed E-state index contributed by atoms with van der Waals surface area (Å²) in [7, 11) is 0. The summed E-state index contributed by atoms with van der Waals surface area (Å²) in [4.78, 5) is 15.8. The highest BCUT2D eigenvalue weighted by Crippen LogP contribution is 2.18. The maximum Gasteiger partial charge on any atom is 0.132 e. The van der Waals surface area contributed by atoms with Crippen molar-refractivity contribution < 1.29 is 4.79 Å². The maximum atomic E-state index is 11.5. The zero-order valence-electron chi connectivity index (χ0n) is 10.9. The Hall–Kier alpha value is -1.70. The van der Waals surface area contributed by atoms with E-state index in [4.69, 9.17) is 0 Å². The van der Waals surface area contributed by atoms with E-state index in [0.717, 1.165) is 31.2 Å². The molecule has 94 valence electrons. The van der Waals surface area contributed by atoms with E-state index in [9.17, 15) is 4.79 Å². The van der Waals surface area contributed by atoms with Gasteiger partial charge in [0.25, 0.3) is 0 Å². The van der Waals surface area contributed by atoms with Gasteiger partial charge in [0.2, 0.25) is 0 Å². The smallest absolute Gasteiger partial charge is 0.132 e. The molecule has 18 heavy (non-hydrogen) atoms. The fourth-order valence-electron chi connectivity index (χ4n) is 2.25. The van der Waals surface area contributed by atoms with Gasteiger partial charge in [-0.25, -0.2) is 0 Å². The average Bonchev–Trinajstić information content (AvgIpc) is 2.39. The molecule has 0 spiro atoms. The van der Waals surface area contributed by atoms with Crippen molar-refractivity contribution in [3.63, 3.8) is 0 Å². The summed E-state index contributed by atoms with van der Waals surface area (Å²) in [6, 6.07) is 10.2. The van der Waals surface area contributed by atoms with Crippen molar-refractivity contribution in [3.8, 4) is 0 Å². The van der Waals surface area contributed by atoms with Crippen LogP contribution >= 0.6 is 0 Å². The number of aryl methyl sites for hydroxylation is 1. The van der Waals surface area contributed by atoms with Gasteiger partial charge in [-0.3, -0.25) is 9.78 Å². The SMILES string of the molecule is CCCC(=O)CCCc1ccnc2ccccc12. The predicted molar refractivity (Wildman–Crippen MR) is 74.6 cm³/mol. The van der Waals surface area contributed by atoms with Crippen LogP contribution in [0.5, 0.6) is 0 Å². The van der Waals surface area contributed by atoms with Crippen LogP contribution < -0.4 is 0 Å². The Balaban J connectivity index is 2.01. The first-order valence-corrected chi connectivity index (χ1v) is 6.65. The number of hydrogen-bond donors (Lipinski definition) is 0. The molecule has 0 radical (unpaired) electrons. The molecule has 1 aromatic carbocycles. The van der Waals surface area contributed by atoms with E-state index in [1.165, 1.54) is 10.9 Å². The molecule has 2 heteroatoms. The van der Waals surface area contributed by atoms with Crippen molar-refractivity contribution in [3.05, 3.63) is 42.1 Å². The van der Waals surface area contributed by atoms with Gasteiger partial charge in [-0.15, -0.1) is 0 Å². The quantitative estimate of drug-likeness (QED) is 0.767. The Kier molecular flexibility index (Phi) is 4.46. The number of aromatic nitrogens is 1. The minimum Gasteiger partial charge on any atom is -0.300 e. The second-order valence-corrected chi connectivity index (χ2v) is 4.63. The third-order valence-electron chi connectivity index (χ3n) is 3.17. The van der Waals surface area contributed by atoms with Crippen LogP contribution in [-0.2, 0) is 11.2 Å². The van der Waals surface area contributed by atoms with Crippen LogP contribution in [0.25, 0.3) is 10.9 Å². The minimum absolute atomic E-state index is 0.385. The van der Waals surface area contributed by atoms with Crippen molar-refractivity contribution in [1.82, 2.24) is 4.98 Å². The molecule has 0 saturated carbocycles. The van der Waals surface area contributed by atoms with Crippen molar-refractivity contribution in [1.29, 1.82) is 0 Å². The maximum absolute atomic E-state index is 11.5. The Morgan fingerprint density at radius 1 is 1.17 bits per heavy atom. The molecule has 1 heterocycles. The summed E-state index contributed by atoms with van der Waals surface area (Å²) in [5, 5.41) is 1.21. The zero-order valence-corrected chi connectivity index (χ0v) is 10.9. The van der Waals surface area contributed by atoms with E-state index in [1.807, 2.05) is 31.3 Å². The number of nitrogens with zero attached hydrogens (tertiary/aromatic N) is 1. The predicted octanol–water partition coefficient (Wildman–Crippen LogP) is 3.93. The molecule has 0 bridgehead atoms. The molecule has 0 atom stereocenters. The number of benzene rings is 1. The molecule has 0 fully saturated rings. The van der Waals surface area contributed by atoms with E-state index in [-0.39, 0.29) is 0 Å². The summed E-state index contributed by atoms with van der Waals surface area (Å²) in [6.45, 7) is 2.05. The first kappa shape index (κ1) is 12.7. The Morgan fingerprint density at radius 2 is 2.00 bits per heavy atom. The molecule has 0 amide bonds. The second-order valence-electron chi connectivity index (χ2n) is 4.63. The Labute approximate surface area is 108 Å². The van der Waals surface area contributed by atoms with Crippen LogP contribution in [0.15, 0.2) is 36.5 Å². The number of carbonyl (C=O) groups is 1. The molecular formula is C16H19NO. The van der Waals surface area contributed by atoms with Gasteiger partial charge in [0.15, 0.2) is 0 Å². The highest BCUT2D eigenvalue weighted by atomic mass is 16.1. The average molecular weight is 241 g/mol. The highest BCUT2D eigenvalue weighted by Gasteiger charge is 2.03. The normalized spacial score (nSPS) is 10.7. The molecule has 0 N–H and O–H groups in total. The lowest BCUT2D eigenvalue weighted by Crippen LogP contribution is -1.98. The number of para-hydroxylation sites is 1. The number of fused-ring (bicyclic) bond motifs is 1. The largest absolute Gasteiger partial charge is 0.300 e. The van der Waals surface area contributed by atoms with E-state index in [2.05, 4.69) is 17.1 Å². The van der Waals surface area contributed by atoms with Crippen molar-refractivity contribution in [2.75, 3.05) is 0 Å². The van der Waals surface area contributed by atoms with Gasteiger partial charge < -0.3 is 0 Å². The number of hydrogen-bond acceptors (Lipinski definition) is 2. The van der Waals surface area contributed by atoms with Crippen molar-refractivity contribution >= 4 is 16.7 Å². The lowest BCUT2D eigenvalue weighted by atomic mass is 10.0. The molecule has 0 saturated heterocycles. The van der Waals surface area contributed by atoms with Crippen molar-refractivity contribution in [2.45, 2.75) is 39.0 Å². The zero-order chi connectivity index (χ0) is 12.8. The van der Waals surface area contributed by atoms with E-state index >= 15 is 0 Å². The number of ketones is 1. The van der Waals surface area contributed by atoms with Crippen LogP contribution in [0.1, 0.15) is 38.2 Å². The third-order valence-corrected chi connectivity index (χ3v) is 3.17. The summed E-state index contributed by atoms with van der Waals surface area (Å²) in [6.07, 6.45) is 6.12. The monoisotopic (exact) mass is 241 g/mol. The molecule has 2 aromatic rings. The summed E-state index contributed by atoms with van der Waals surface area (Å²) in [5.41, 5.74) is 2.33. The fourth-order valence-corrected chi connectivity index (χ4v) is 2.25. The molecule has 0 aliphatic rings. The topological polar surface area (TPSA) is 30.0 Å². The van der Waals surface area contributed by atoms with Crippen LogP contribution in [-0.4, -0.2) is 10.8 Å². The van der Waals surface area contributed by atoms with E-state index < -0.39 is 0 Å². The summed E-state index contributed by atoms with van der Waals surface area (Å²) in [5.74, 6) is 0.385. The van der Waals surface area contributed by atoms with Gasteiger partial charge >= 0.3 is 0 Å². The number of pyridine rings is 1. The summed E-state index contributed by atoms with van der Waals surface area (Å²) >= 11 is 0. The number of carbonyl (C=O) groups excluding carboxylic acids is 1. The molecule has 1 aromatic heterocycles. The van der Waals surface area contributed by atoms with E-state index in [1.54, 1.807) is 0 Å². The first-order chi connectivity index (χ1) is 8.81. The fraction of sp³-hybridized carbons (Fsp3) is 0.375. The highest BCUT2D eigenvalue weighted by molar-refractivity contribution is 5.82. The third kappa shape index (κ3) is 3.16. The molecular weight excluding hydrogens is 222 g/mol. The molecule has 2 rings (SSSR count). The lowest BCUT2D eigenvalue weighted by molar-refractivity contribution is -0.119. The first-order valence-electron chi connectivity index (χ1n) is 6.65. The van der Waals surface area contributed by atoms with E-state index in [0.29, 0.717) is 12.2 Å². The van der Waals surface area contributed by atoms with Gasteiger partial charge in [0.05, 0.1) is 5.52 Å². The summed E-state index contributed by atoms with van der Waals surface area (Å²) < 4.78 is 0. The van der Waals surface area contributed by atoms with Crippen LogP contribution in [0, 0.1) is 0 Å². The Bertz CT molecular complexity index is 528. The Morgan fingerprint density at radius 3 is 2.83 bits per heavy atom. The van der Waals surface area contributed by atoms with Crippen LogP contribution in [0.2, 0.25) is 0 Å². The molecule has 0 aliphatic heterocycles. The minimum atomic E-state index is 0.385. The number of Topliss-reactive ketones (excluding diaryl/α,β-unsaturated/α-hetero) is 1. The van der Waals surface area contributed by atoms with Gasteiger partial charge in [-0.05, 0) is 37.0 Å². The molecule has 0 aliphatic carbocycles. The molecule has 2 nitrogen and oxygen atoms in total. The lowest BCUT2D eigenvalue weighted by Gasteiger charge is -2.05. The standard InChI is InChI=1S/C16H19NO/c1-2-6-14(18)8-5-7-13-11-12-17-16-10-4-3-9-15(13)16/h3-4,9-12H,2,5-8H2,1H3. The molecule has 0 unspecified atom stereocenters. The van der Waals surface area contributed by atoms with Gasteiger partial charge in [0.1, 0.15) is 5.78 Å². The van der Waals surface area contributed by atoms with Crippen molar-refractivity contribution in [2.24, 2.45) is 0 Å². The second kappa shape index (κ2) is 6.29. The van der Waals surface area contributed by atoms with Gasteiger partial charge in [0, 0.05) is 24.4 Å². The van der Waals surface area contributed by atoms with Crippen LogP contribution in [0.3, 0.4) is 0 Å². The van der Waals surface area contributed by atoms with Gasteiger partial charge in [-0.1, -0.05) is 25.1 Å². The van der Waals surface area contributed by atoms with Crippen LogP contribution in [0.4, 0.5) is 0 Å².